The van der Waals surface area contributed by atoms with Gasteiger partial charge in [-0.2, -0.15) is 0 Å². The van der Waals surface area contributed by atoms with Crippen molar-refractivity contribution in [2.45, 2.75) is 13.0 Å². The molecular weight excluding hydrogens is 392 g/mol. The average Bonchev–Trinajstić information content (AvgIpc) is 2.94. The van der Waals surface area contributed by atoms with Crippen molar-refractivity contribution in [3.8, 4) is 11.5 Å². The highest BCUT2D eigenvalue weighted by Crippen LogP contribution is 2.38. The van der Waals surface area contributed by atoms with Crippen molar-refractivity contribution in [2.24, 2.45) is 0 Å². The van der Waals surface area contributed by atoms with Crippen LogP contribution in [-0.2, 0) is 4.79 Å². The largest absolute Gasteiger partial charge is 0.497 e. The zero-order valence-electron chi connectivity index (χ0n) is 17.7. The van der Waals surface area contributed by atoms with Crippen molar-refractivity contribution in [2.75, 3.05) is 26.1 Å². The first-order valence-electron chi connectivity index (χ1n) is 10.00. The molecule has 3 aromatic rings. The van der Waals surface area contributed by atoms with E-state index in [-0.39, 0.29) is 18.4 Å². The standard InChI is InChI=1S/C25H24N2O4/c1-16-9-12-21-20(13-16)24(17-7-5-4-6-8-17)27(15-23(28)26-21)25(29)19-11-10-18(30-2)14-22(19)31-3/h4-14,24H,15H2,1-3H3,(H,26,28)/t24-/m0/s1. The molecule has 0 bridgehead atoms. The van der Waals surface area contributed by atoms with E-state index in [1.54, 1.807) is 30.2 Å². The summed E-state index contributed by atoms with van der Waals surface area (Å²) in [5, 5.41) is 2.95. The number of nitrogens with zero attached hydrogens (tertiary/aromatic N) is 1. The van der Waals surface area contributed by atoms with Gasteiger partial charge in [-0.3, -0.25) is 9.59 Å². The molecule has 158 valence electrons. The second kappa shape index (κ2) is 8.52. The molecule has 1 heterocycles. The van der Waals surface area contributed by atoms with Gasteiger partial charge in [0, 0.05) is 17.3 Å². The Kier molecular flexibility index (Phi) is 5.62. The van der Waals surface area contributed by atoms with Crippen LogP contribution in [0.4, 0.5) is 5.69 Å². The van der Waals surface area contributed by atoms with E-state index in [0.717, 1.165) is 16.7 Å². The Hall–Kier alpha value is -3.80. The first-order chi connectivity index (χ1) is 15.0. The van der Waals surface area contributed by atoms with E-state index in [1.807, 2.05) is 55.5 Å². The second-order valence-electron chi connectivity index (χ2n) is 7.45. The Balaban J connectivity index is 1.88. The van der Waals surface area contributed by atoms with Crippen LogP contribution in [0.5, 0.6) is 11.5 Å². The van der Waals surface area contributed by atoms with Crippen LogP contribution in [0, 0.1) is 6.92 Å². The van der Waals surface area contributed by atoms with Crippen molar-refractivity contribution >= 4 is 17.5 Å². The lowest BCUT2D eigenvalue weighted by Gasteiger charge is -2.31. The maximum absolute atomic E-state index is 13.8. The van der Waals surface area contributed by atoms with E-state index < -0.39 is 6.04 Å². The number of hydrogen-bond acceptors (Lipinski definition) is 4. The number of ether oxygens (including phenoxy) is 2. The van der Waals surface area contributed by atoms with Crippen molar-refractivity contribution in [1.82, 2.24) is 4.90 Å². The van der Waals surface area contributed by atoms with Gasteiger partial charge in [-0.25, -0.2) is 0 Å². The van der Waals surface area contributed by atoms with Gasteiger partial charge in [0.15, 0.2) is 0 Å². The predicted octanol–water partition coefficient (Wildman–Crippen LogP) is 4.20. The Morgan fingerprint density at radius 3 is 2.48 bits per heavy atom. The zero-order chi connectivity index (χ0) is 22.0. The van der Waals surface area contributed by atoms with E-state index in [2.05, 4.69) is 5.32 Å². The van der Waals surface area contributed by atoms with E-state index >= 15 is 0 Å². The molecule has 1 atom stereocenters. The maximum atomic E-state index is 13.8. The molecule has 6 heteroatoms. The second-order valence-corrected chi connectivity index (χ2v) is 7.45. The monoisotopic (exact) mass is 416 g/mol. The van der Waals surface area contributed by atoms with Gasteiger partial charge in [-0.1, -0.05) is 48.0 Å². The number of rotatable bonds is 4. The summed E-state index contributed by atoms with van der Waals surface area (Å²) in [6, 6.07) is 20.2. The van der Waals surface area contributed by atoms with Gasteiger partial charge in [-0.15, -0.1) is 0 Å². The van der Waals surface area contributed by atoms with Gasteiger partial charge in [0.2, 0.25) is 5.91 Å². The molecule has 0 saturated heterocycles. The molecule has 0 saturated carbocycles. The average molecular weight is 416 g/mol. The minimum atomic E-state index is -0.436. The molecule has 1 aliphatic rings. The molecule has 0 aliphatic carbocycles. The number of carbonyl (C=O) groups excluding carboxylic acids is 2. The Morgan fingerprint density at radius 1 is 1.00 bits per heavy atom. The van der Waals surface area contributed by atoms with Crippen molar-refractivity contribution in [3.05, 3.63) is 89.0 Å². The quantitative estimate of drug-likeness (QED) is 0.692. The fraction of sp³-hybridized carbons (Fsp3) is 0.200. The number of amides is 2. The molecule has 31 heavy (non-hydrogen) atoms. The molecule has 0 radical (unpaired) electrons. The van der Waals surface area contributed by atoms with E-state index in [1.165, 1.54) is 7.11 Å². The smallest absolute Gasteiger partial charge is 0.258 e. The minimum absolute atomic E-state index is 0.0820. The lowest BCUT2D eigenvalue weighted by atomic mass is 9.94. The number of hydrogen-bond donors (Lipinski definition) is 1. The lowest BCUT2D eigenvalue weighted by Crippen LogP contribution is -2.39. The predicted molar refractivity (Wildman–Crippen MR) is 119 cm³/mol. The highest BCUT2D eigenvalue weighted by molar-refractivity contribution is 6.03. The summed E-state index contributed by atoms with van der Waals surface area (Å²) in [7, 11) is 3.06. The van der Waals surface area contributed by atoms with Crippen LogP contribution >= 0.6 is 0 Å². The first kappa shape index (κ1) is 20.5. The van der Waals surface area contributed by atoms with Crippen LogP contribution in [0.15, 0.2) is 66.7 Å². The number of nitrogens with one attached hydrogen (secondary N) is 1. The Morgan fingerprint density at radius 2 is 1.77 bits per heavy atom. The highest BCUT2D eigenvalue weighted by atomic mass is 16.5. The Bertz CT molecular complexity index is 1130. The fourth-order valence-corrected chi connectivity index (χ4v) is 3.94. The molecular formula is C25H24N2O4. The summed E-state index contributed by atoms with van der Waals surface area (Å²) in [5.41, 5.74) is 3.92. The van der Waals surface area contributed by atoms with Gasteiger partial charge in [0.25, 0.3) is 5.91 Å². The van der Waals surface area contributed by atoms with Crippen molar-refractivity contribution in [3.63, 3.8) is 0 Å². The van der Waals surface area contributed by atoms with Crippen LogP contribution in [0.3, 0.4) is 0 Å². The van der Waals surface area contributed by atoms with Gasteiger partial charge in [0.05, 0.1) is 25.8 Å². The summed E-state index contributed by atoms with van der Waals surface area (Å²) in [4.78, 5) is 28.1. The summed E-state index contributed by atoms with van der Waals surface area (Å²) >= 11 is 0. The van der Waals surface area contributed by atoms with Crippen LogP contribution in [0.2, 0.25) is 0 Å². The van der Waals surface area contributed by atoms with E-state index in [4.69, 9.17) is 9.47 Å². The number of fused-ring (bicyclic) bond motifs is 1. The van der Waals surface area contributed by atoms with Gasteiger partial charge >= 0.3 is 0 Å². The summed E-state index contributed by atoms with van der Waals surface area (Å²) in [6.07, 6.45) is 0. The number of aryl methyl sites for hydroxylation is 1. The van der Waals surface area contributed by atoms with Crippen molar-refractivity contribution in [1.29, 1.82) is 0 Å². The summed E-state index contributed by atoms with van der Waals surface area (Å²) < 4.78 is 10.7. The molecule has 4 rings (SSSR count). The third-order valence-corrected chi connectivity index (χ3v) is 5.42. The fourth-order valence-electron chi connectivity index (χ4n) is 3.94. The molecule has 0 aromatic heterocycles. The molecule has 3 aromatic carbocycles. The molecule has 1 N–H and O–H groups in total. The Labute approximate surface area is 181 Å². The molecule has 2 amide bonds. The number of carbonyl (C=O) groups is 2. The molecule has 0 unspecified atom stereocenters. The summed E-state index contributed by atoms with van der Waals surface area (Å²) in [5.74, 6) is 0.440. The SMILES string of the molecule is COc1ccc(C(=O)N2CC(=O)Nc3ccc(C)cc3[C@@H]2c2ccccc2)c(OC)c1. The molecule has 1 aliphatic heterocycles. The normalized spacial score (nSPS) is 15.5. The molecule has 0 spiro atoms. The summed E-state index contributed by atoms with van der Waals surface area (Å²) in [6.45, 7) is 1.91. The van der Waals surface area contributed by atoms with E-state index in [0.29, 0.717) is 22.7 Å². The number of benzene rings is 3. The van der Waals surface area contributed by atoms with Crippen molar-refractivity contribution < 1.29 is 19.1 Å². The number of anilines is 1. The van der Waals surface area contributed by atoms with Gasteiger partial charge < -0.3 is 19.7 Å². The van der Waals surface area contributed by atoms with Crippen LogP contribution in [-0.4, -0.2) is 37.5 Å². The zero-order valence-corrected chi connectivity index (χ0v) is 17.7. The third-order valence-electron chi connectivity index (χ3n) is 5.42. The molecule has 0 fully saturated rings. The number of methoxy groups -OCH3 is 2. The van der Waals surface area contributed by atoms with Crippen LogP contribution in [0.1, 0.15) is 33.1 Å². The molecule has 6 nitrogen and oxygen atoms in total. The topological polar surface area (TPSA) is 67.9 Å². The van der Waals surface area contributed by atoms with E-state index in [9.17, 15) is 9.59 Å². The minimum Gasteiger partial charge on any atom is -0.497 e. The third kappa shape index (κ3) is 3.97. The first-order valence-corrected chi connectivity index (χ1v) is 10.00. The van der Waals surface area contributed by atoms with Gasteiger partial charge in [-0.05, 0) is 30.7 Å². The van der Waals surface area contributed by atoms with Gasteiger partial charge in [0.1, 0.15) is 18.0 Å². The van der Waals surface area contributed by atoms with Crippen LogP contribution < -0.4 is 14.8 Å². The highest BCUT2D eigenvalue weighted by Gasteiger charge is 2.35. The maximum Gasteiger partial charge on any atom is 0.258 e. The lowest BCUT2D eigenvalue weighted by molar-refractivity contribution is -0.117. The van der Waals surface area contributed by atoms with Crippen LogP contribution in [0.25, 0.3) is 0 Å².